The van der Waals surface area contributed by atoms with Gasteiger partial charge in [-0.3, -0.25) is 4.79 Å². The highest BCUT2D eigenvalue weighted by Crippen LogP contribution is 2.13. The van der Waals surface area contributed by atoms with Gasteiger partial charge in [0.2, 0.25) is 5.91 Å². The zero-order valence-electron chi connectivity index (χ0n) is 10.4. The second kappa shape index (κ2) is 6.50. The maximum Gasteiger partial charge on any atom is 0.228 e. The van der Waals surface area contributed by atoms with Gasteiger partial charge in [-0.05, 0) is 35.4 Å². The molecule has 2 aromatic rings. The van der Waals surface area contributed by atoms with E-state index in [4.69, 9.17) is 5.73 Å². The zero-order chi connectivity index (χ0) is 13.7. The van der Waals surface area contributed by atoms with Crippen LogP contribution in [-0.2, 0) is 17.8 Å². The predicted octanol–water partition coefficient (Wildman–Crippen LogP) is 3.09. The molecule has 0 saturated carbocycles. The van der Waals surface area contributed by atoms with Gasteiger partial charge in [0.1, 0.15) is 0 Å². The summed E-state index contributed by atoms with van der Waals surface area (Å²) in [5, 5.41) is 2.87. The van der Waals surface area contributed by atoms with E-state index in [0.717, 1.165) is 21.3 Å². The van der Waals surface area contributed by atoms with E-state index in [9.17, 15) is 4.79 Å². The molecule has 0 bridgehead atoms. The fourth-order valence-corrected chi connectivity index (χ4v) is 2.03. The van der Waals surface area contributed by atoms with E-state index in [-0.39, 0.29) is 5.91 Å². The summed E-state index contributed by atoms with van der Waals surface area (Å²) >= 11 is 3.37. The molecular weight excluding hydrogens is 304 g/mol. The number of nitrogens with two attached hydrogens (primary N) is 1. The van der Waals surface area contributed by atoms with Crippen molar-refractivity contribution in [1.29, 1.82) is 0 Å². The van der Waals surface area contributed by atoms with Crippen LogP contribution in [0.15, 0.2) is 53.0 Å². The molecule has 98 valence electrons. The smallest absolute Gasteiger partial charge is 0.228 e. The minimum absolute atomic E-state index is 0.0310. The first-order chi connectivity index (χ1) is 9.17. The molecule has 4 heteroatoms. The fourth-order valence-electron chi connectivity index (χ4n) is 1.77. The number of benzene rings is 2. The minimum Gasteiger partial charge on any atom is -0.326 e. The number of hydrogen-bond acceptors (Lipinski definition) is 2. The third-order valence-corrected chi connectivity index (χ3v) is 3.25. The van der Waals surface area contributed by atoms with Crippen molar-refractivity contribution in [2.75, 3.05) is 5.32 Å². The molecule has 0 aliphatic heterocycles. The lowest BCUT2D eigenvalue weighted by atomic mass is 10.1. The molecule has 0 aliphatic rings. The first-order valence-electron chi connectivity index (χ1n) is 6.00. The molecule has 0 spiro atoms. The van der Waals surface area contributed by atoms with E-state index in [1.54, 1.807) is 0 Å². The van der Waals surface area contributed by atoms with Gasteiger partial charge >= 0.3 is 0 Å². The van der Waals surface area contributed by atoms with Crippen molar-refractivity contribution >= 4 is 27.5 Å². The summed E-state index contributed by atoms with van der Waals surface area (Å²) < 4.78 is 1.01. The second-order valence-electron chi connectivity index (χ2n) is 4.26. The summed E-state index contributed by atoms with van der Waals surface area (Å²) in [5.41, 5.74) is 8.34. The molecule has 0 aliphatic carbocycles. The van der Waals surface area contributed by atoms with E-state index < -0.39 is 0 Å². The molecule has 3 nitrogen and oxygen atoms in total. The summed E-state index contributed by atoms with van der Waals surface area (Å²) in [4.78, 5) is 11.9. The van der Waals surface area contributed by atoms with Crippen LogP contribution in [0.25, 0.3) is 0 Å². The molecule has 2 aromatic carbocycles. The van der Waals surface area contributed by atoms with Gasteiger partial charge in [0, 0.05) is 16.7 Å². The standard InChI is InChI=1S/C15H15BrN2O/c16-13-6-4-11(5-7-13)9-15(19)18-14-3-1-2-12(8-14)10-17/h1-8H,9-10,17H2,(H,18,19). The Morgan fingerprint density at radius 3 is 2.53 bits per heavy atom. The third kappa shape index (κ3) is 4.19. The van der Waals surface area contributed by atoms with Crippen LogP contribution in [-0.4, -0.2) is 5.91 Å². The van der Waals surface area contributed by atoms with Crippen molar-refractivity contribution in [3.63, 3.8) is 0 Å². The summed E-state index contributed by atoms with van der Waals surface area (Å²) in [7, 11) is 0. The number of nitrogens with one attached hydrogen (secondary N) is 1. The van der Waals surface area contributed by atoms with Gasteiger partial charge < -0.3 is 11.1 Å². The lowest BCUT2D eigenvalue weighted by Crippen LogP contribution is -2.14. The zero-order valence-corrected chi connectivity index (χ0v) is 12.0. The van der Waals surface area contributed by atoms with Crippen LogP contribution in [0.1, 0.15) is 11.1 Å². The third-order valence-electron chi connectivity index (χ3n) is 2.72. The largest absolute Gasteiger partial charge is 0.326 e. The maximum atomic E-state index is 11.9. The first-order valence-corrected chi connectivity index (χ1v) is 6.80. The van der Waals surface area contributed by atoms with Crippen LogP contribution in [0.5, 0.6) is 0 Å². The van der Waals surface area contributed by atoms with Gasteiger partial charge in [0.05, 0.1) is 6.42 Å². The minimum atomic E-state index is -0.0310. The monoisotopic (exact) mass is 318 g/mol. The Kier molecular flexibility index (Phi) is 4.71. The number of anilines is 1. The molecule has 0 fully saturated rings. The van der Waals surface area contributed by atoms with E-state index in [1.165, 1.54) is 0 Å². The van der Waals surface area contributed by atoms with Crippen molar-refractivity contribution < 1.29 is 4.79 Å². The van der Waals surface area contributed by atoms with Crippen molar-refractivity contribution in [1.82, 2.24) is 0 Å². The number of rotatable bonds is 4. The van der Waals surface area contributed by atoms with Crippen molar-refractivity contribution in [3.8, 4) is 0 Å². The maximum absolute atomic E-state index is 11.9. The van der Waals surface area contributed by atoms with Crippen LogP contribution in [0.2, 0.25) is 0 Å². The molecule has 0 heterocycles. The molecular formula is C15H15BrN2O. The van der Waals surface area contributed by atoms with Crippen molar-refractivity contribution in [2.24, 2.45) is 5.73 Å². The fraction of sp³-hybridized carbons (Fsp3) is 0.133. The Balaban J connectivity index is 1.99. The summed E-state index contributed by atoms with van der Waals surface area (Å²) in [6, 6.07) is 15.3. The highest BCUT2D eigenvalue weighted by molar-refractivity contribution is 9.10. The quantitative estimate of drug-likeness (QED) is 0.910. The number of hydrogen-bond donors (Lipinski definition) is 2. The molecule has 2 rings (SSSR count). The number of carbonyl (C=O) groups excluding carboxylic acids is 1. The van der Waals surface area contributed by atoms with Crippen LogP contribution < -0.4 is 11.1 Å². The first kappa shape index (κ1) is 13.8. The Morgan fingerprint density at radius 1 is 1.11 bits per heavy atom. The van der Waals surface area contributed by atoms with Gasteiger partial charge in [0.15, 0.2) is 0 Å². The molecule has 0 unspecified atom stereocenters. The number of amides is 1. The molecule has 0 aromatic heterocycles. The van der Waals surface area contributed by atoms with Gasteiger partial charge in [-0.1, -0.05) is 40.2 Å². The van der Waals surface area contributed by atoms with E-state index in [0.29, 0.717) is 13.0 Å². The van der Waals surface area contributed by atoms with Gasteiger partial charge in [-0.25, -0.2) is 0 Å². The lowest BCUT2D eigenvalue weighted by molar-refractivity contribution is -0.115. The average Bonchev–Trinajstić information content (AvgIpc) is 2.41. The molecule has 19 heavy (non-hydrogen) atoms. The number of halogens is 1. The van der Waals surface area contributed by atoms with Crippen LogP contribution in [0.4, 0.5) is 5.69 Å². The predicted molar refractivity (Wildman–Crippen MR) is 80.8 cm³/mol. The number of carbonyl (C=O) groups is 1. The van der Waals surface area contributed by atoms with E-state index in [2.05, 4.69) is 21.2 Å². The molecule has 0 saturated heterocycles. The highest BCUT2D eigenvalue weighted by atomic mass is 79.9. The van der Waals surface area contributed by atoms with Gasteiger partial charge in [-0.15, -0.1) is 0 Å². The Bertz CT molecular complexity index is 567. The lowest BCUT2D eigenvalue weighted by Gasteiger charge is -2.07. The van der Waals surface area contributed by atoms with Crippen LogP contribution >= 0.6 is 15.9 Å². The van der Waals surface area contributed by atoms with Crippen molar-refractivity contribution in [3.05, 3.63) is 64.1 Å². The molecule has 3 N–H and O–H groups in total. The van der Waals surface area contributed by atoms with Gasteiger partial charge in [0.25, 0.3) is 0 Å². The normalized spacial score (nSPS) is 10.2. The van der Waals surface area contributed by atoms with Crippen molar-refractivity contribution in [2.45, 2.75) is 13.0 Å². The Hall–Kier alpha value is -1.65. The molecule has 0 atom stereocenters. The molecule has 0 radical (unpaired) electrons. The van der Waals surface area contributed by atoms with Crippen LogP contribution in [0, 0.1) is 0 Å². The van der Waals surface area contributed by atoms with E-state index >= 15 is 0 Å². The Morgan fingerprint density at radius 2 is 1.84 bits per heavy atom. The summed E-state index contributed by atoms with van der Waals surface area (Å²) in [6.07, 6.45) is 0.361. The van der Waals surface area contributed by atoms with Crippen LogP contribution in [0.3, 0.4) is 0 Å². The summed E-state index contributed by atoms with van der Waals surface area (Å²) in [5.74, 6) is -0.0310. The van der Waals surface area contributed by atoms with Gasteiger partial charge in [-0.2, -0.15) is 0 Å². The average molecular weight is 319 g/mol. The highest BCUT2D eigenvalue weighted by Gasteiger charge is 2.04. The topological polar surface area (TPSA) is 55.1 Å². The SMILES string of the molecule is NCc1cccc(NC(=O)Cc2ccc(Br)cc2)c1. The second-order valence-corrected chi connectivity index (χ2v) is 5.17. The Labute approximate surface area is 121 Å². The molecule has 1 amide bonds. The summed E-state index contributed by atoms with van der Waals surface area (Å²) in [6.45, 7) is 0.469. The van der Waals surface area contributed by atoms with E-state index in [1.807, 2.05) is 48.5 Å².